The molecule has 1 aromatic rings. The van der Waals surface area contributed by atoms with E-state index in [1.165, 1.54) is 7.11 Å². The van der Waals surface area contributed by atoms with Crippen LogP contribution in [0.3, 0.4) is 0 Å². The van der Waals surface area contributed by atoms with Crippen molar-refractivity contribution in [1.82, 2.24) is 0 Å². The van der Waals surface area contributed by atoms with Crippen LogP contribution in [0.15, 0.2) is 22.7 Å². The smallest absolute Gasteiger partial charge is 0.347 e. The van der Waals surface area contributed by atoms with Gasteiger partial charge in [-0.05, 0) is 30.7 Å². The molecule has 1 N–H and O–H groups in total. The molecule has 88 valence electrons. The summed E-state index contributed by atoms with van der Waals surface area (Å²) in [5.41, 5.74) is 0.872. The SMILES string of the molecule is COCC(Oc1ccc(Br)cc1C)C(=O)O. The van der Waals surface area contributed by atoms with Crippen LogP contribution in [0.5, 0.6) is 5.75 Å². The van der Waals surface area contributed by atoms with Gasteiger partial charge in [0, 0.05) is 11.6 Å². The minimum absolute atomic E-state index is 0.0187. The molecular weight excluding hydrogens is 276 g/mol. The van der Waals surface area contributed by atoms with Crippen molar-refractivity contribution in [3.8, 4) is 5.75 Å². The van der Waals surface area contributed by atoms with E-state index in [1.54, 1.807) is 12.1 Å². The second-order valence-electron chi connectivity index (χ2n) is 3.31. The zero-order valence-electron chi connectivity index (χ0n) is 9.07. The van der Waals surface area contributed by atoms with Gasteiger partial charge in [0.15, 0.2) is 0 Å². The summed E-state index contributed by atoms with van der Waals surface area (Å²) in [5.74, 6) is -0.489. The molecule has 1 atom stereocenters. The van der Waals surface area contributed by atoms with Gasteiger partial charge in [-0.25, -0.2) is 4.79 Å². The van der Waals surface area contributed by atoms with Gasteiger partial charge in [0.25, 0.3) is 0 Å². The maximum Gasteiger partial charge on any atom is 0.347 e. The Morgan fingerprint density at radius 1 is 1.56 bits per heavy atom. The van der Waals surface area contributed by atoms with Gasteiger partial charge in [-0.15, -0.1) is 0 Å². The van der Waals surface area contributed by atoms with Gasteiger partial charge in [-0.2, -0.15) is 0 Å². The highest BCUT2D eigenvalue weighted by molar-refractivity contribution is 9.10. The Morgan fingerprint density at radius 3 is 2.75 bits per heavy atom. The molecule has 0 aliphatic rings. The van der Waals surface area contributed by atoms with E-state index in [1.807, 2.05) is 13.0 Å². The fourth-order valence-corrected chi connectivity index (χ4v) is 1.68. The number of hydrogen-bond donors (Lipinski definition) is 1. The highest BCUT2D eigenvalue weighted by Gasteiger charge is 2.19. The summed E-state index contributed by atoms with van der Waals surface area (Å²) in [5, 5.41) is 8.90. The van der Waals surface area contributed by atoms with E-state index in [0.717, 1.165) is 10.0 Å². The highest BCUT2D eigenvalue weighted by Crippen LogP contribution is 2.23. The number of benzene rings is 1. The third-order valence-electron chi connectivity index (χ3n) is 2.00. The molecule has 1 aromatic carbocycles. The van der Waals surface area contributed by atoms with Gasteiger partial charge in [0.05, 0.1) is 6.61 Å². The molecule has 1 unspecified atom stereocenters. The van der Waals surface area contributed by atoms with Crippen LogP contribution >= 0.6 is 15.9 Å². The summed E-state index contributed by atoms with van der Waals surface area (Å²) in [7, 11) is 1.44. The van der Waals surface area contributed by atoms with E-state index in [4.69, 9.17) is 14.6 Å². The Morgan fingerprint density at radius 2 is 2.25 bits per heavy atom. The Hall–Kier alpha value is -1.07. The first-order valence-corrected chi connectivity index (χ1v) is 5.48. The molecule has 1 rings (SSSR count). The van der Waals surface area contributed by atoms with Crippen LogP contribution in [0.2, 0.25) is 0 Å². The van der Waals surface area contributed by atoms with Gasteiger partial charge in [0.1, 0.15) is 5.75 Å². The minimum atomic E-state index is -1.04. The van der Waals surface area contributed by atoms with Crippen molar-refractivity contribution in [3.63, 3.8) is 0 Å². The molecule has 16 heavy (non-hydrogen) atoms. The summed E-state index contributed by atoms with van der Waals surface area (Å²) in [4.78, 5) is 10.9. The van der Waals surface area contributed by atoms with Crippen LogP contribution < -0.4 is 4.74 Å². The number of aliphatic carboxylic acids is 1. The average Bonchev–Trinajstić information content (AvgIpc) is 2.20. The van der Waals surface area contributed by atoms with E-state index < -0.39 is 12.1 Å². The second-order valence-corrected chi connectivity index (χ2v) is 4.23. The molecule has 0 spiro atoms. The maximum atomic E-state index is 10.9. The number of methoxy groups -OCH3 is 1. The second kappa shape index (κ2) is 5.86. The molecule has 0 bridgehead atoms. The number of carboxylic acid groups (broad SMARTS) is 1. The van der Waals surface area contributed by atoms with Crippen LogP contribution in [0.4, 0.5) is 0 Å². The van der Waals surface area contributed by atoms with Crippen molar-refractivity contribution >= 4 is 21.9 Å². The molecule has 0 radical (unpaired) electrons. The number of rotatable bonds is 5. The van der Waals surface area contributed by atoms with Crippen molar-refractivity contribution in [3.05, 3.63) is 28.2 Å². The lowest BCUT2D eigenvalue weighted by molar-refractivity contribution is -0.147. The number of carboxylic acids is 1. The molecule has 0 aliphatic heterocycles. The molecule has 0 amide bonds. The molecule has 0 saturated carbocycles. The van der Waals surface area contributed by atoms with Crippen LogP contribution in [-0.2, 0) is 9.53 Å². The maximum absolute atomic E-state index is 10.9. The predicted octanol–water partition coefficient (Wildman–Crippen LogP) is 2.24. The summed E-state index contributed by atoms with van der Waals surface area (Å²) in [6.45, 7) is 1.87. The molecule has 0 saturated heterocycles. The van der Waals surface area contributed by atoms with Crippen LogP contribution in [0, 0.1) is 6.92 Å². The number of hydrogen-bond acceptors (Lipinski definition) is 3. The number of aryl methyl sites for hydroxylation is 1. The molecular formula is C11H13BrO4. The first-order valence-electron chi connectivity index (χ1n) is 4.69. The van der Waals surface area contributed by atoms with Gasteiger partial charge >= 0.3 is 5.97 Å². The fraction of sp³-hybridized carbons (Fsp3) is 0.364. The zero-order valence-corrected chi connectivity index (χ0v) is 10.7. The Balaban J connectivity index is 2.81. The number of carbonyl (C=O) groups is 1. The molecule has 5 heteroatoms. The third kappa shape index (κ3) is 3.50. The van der Waals surface area contributed by atoms with Crippen molar-refractivity contribution in [1.29, 1.82) is 0 Å². The summed E-state index contributed by atoms with van der Waals surface area (Å²) < 4.78 is 11.1. The molecule has 0 aromatic heterocycles. The predicted molar refractivity (Wildman–Crippen MR) is 62.8 cm³/mol. The molecule has 0 aliphatic carbocycles. The van der Waals surface area contributed by atoms with Crippen LogP contribution in [0.1, 0.15) is 5.56 Å². The number of halogens is 1. The first kappa shape index (κ1) is 13.0. The van der Waals surface area contributed by atoms with E-state index in [2.05, 4.69) is 15.9 Å². The molecule has 0 fully saturated rings. The lowest BCUT2D eigenvalue weighted by Crippen LogP contribution is -2.31. The first-order chi connectivity index (χ1) is 7.54. The van der Waals surface area contributed by atoms with Gasteiger partial charge in [-0.1, -0.05) is 15.9 Å². The summed E-state index contributed by atoms with van der Waals surface area (Å²) >= 11 is 3.33. The topological polar surface area (TPSA) is 55.8 Å². The standard InChI is InChI=1S/C11H13BrO4/c1-7-5-8(12)3-4-9(7)16-10(6-15-2)11(13)14/h3-5,10H,6H2,1-2H3,(H,13,14). The fourth-order valence-electron chi connectivity index (χ4n) is 1.21. The highest BCUT2D eigenvalue weighted by atomic mass is 79.9. The van der Waals surface area contributed by atoms with Crippen molar-refractivity contribution in [2.75, 3.05) is 13.7 Å². The van der Waals surface area contributed by atoms with Crippen molar-refractivity contribution in [2.45, 2.75) is 13.0 Å². The quantitative estimate of drug-likeness (QED) is 0.903. The minimum Gasteiger partial charge on any atom is -0.478 e. The van der Waals surface area contributed by atoms with Gasteiger partial charge in [-0.3, -0.25) is 0 Å². The largest absolute Gasteiger partial charge is 0.478 e. The summed E-state index contributed by atoms with van der Waals surface area (Å²) in [6.07, 6.45) is -0.982. The van der Waals surface area contributed by atoms with Crippen LogP contribution in [-0.4, -0.2) is 30.9 Å². The Kier molecular flexibility index (Phi) is 4.76. The third-order valence-corrected chi connectivity index (χ3v) is 2.49. The lowest BCUT2D eigenvalue weighted by Gasteiger charge is -2.15. The van der Waals surface area contributed by atoms with Gasteiger partial charge in [0.2, 0.25) is 6.10 Å². The molecule has 0 heterocycles. The van der Waals surface area contributed by atoms with Crippen molar-refractivity contribution < 1.29 is 19.4 Å². The zero-order chi connectivity index (χ0) is 12.1. The van der Waals surface area contributed by atoms with Crippen LogP contribution in [0.25, 0.3) is 0 Å². The van der Waals surface area contributed by atoms with E-state index >= 15 is 0 Å². The summed E-state index contributed by atoms with van der Waals surface area (Å²) in [6, 6.07) is 5.39. The monoisotopic (exact) mass is 288 g/mol. The van der Waals surface area contributed by atoms with Gasteiger partial charge < -0.3 is 14.6 Å². The Bertz CT molecular complexity index is 378. The number of ether oxygens (including phenoxy) is 2. The normalized spacial score (nSPS) is 12.2. The Labute approximate surface area is 102 Å². The van der Waals surface area contributed by atoms with E-state index in [0.29, 0.717) is 5.75 Å². The lowest BCUT2D eigenvalue weighted by atomic mass is 10.2. The average molecular weight is 289 g/mol. The van der Waals surface area contributed by atoms with E-state index in [9.17, 15) is 4.79 Å². The van der Waals surface area contributed by atoms with Crippen molar-refractivity contribution in [2.24, 2.45) is 0 Å². The van der Waals surface area contributed by atoms with E-state index in [-0.39, 0.29) is 6.61 Å². The molecule has 4 nitrogen and oxygen atoms in total.